The summed E-state index contributed by atoms with van der Waals surface area (Å²) < 4.78 is 43.9. The molecule has 5 rings (SSSR count). The Labute approximate surface area is 215 Å². The van der Waals surface area contributed by atoms with Gasteiger partial charge in [0.25, 0.3) is 0 Å². The quantitative estimate of drug-likeness (QED) is 0.381. The molecule has 2 aromatic carbocycles. The summed E-state index contributed by atoms with van der Waals surface area (Å²) in [6, 6.07) is 13.5. The van der Waals surface area contributed by atoms with Gasteiger partial charge in [-0.15, -0.1) is 0 Å². The number of rotatable bonds is 6. The molecule has 0 radical (unpaired) electrons. The maximum Gasteiger partial charge on any atom is 0.319 e. The first-order valence-corrected chi connectivity index (χ1v) is 12.7. The molecule has 2 aliphatic heterocycles. The number of carbonyl (C=O) groups excluding carboxylic acids is 1. The Morgan fingerprint density at radius 1 is 1.05 bits per heavy atom. The lowest BCUT2D eigenvalue weighted by atomic mass is 9.90. The molecule has 37 heavy (non-hydrogen) atoms. The number of allylic oxidation sites excluding steroid dienone is 1. The van der Waals surface area contributed by atoms with Gasteiger partial charge in [0.1, 0.15) is 11.6 Å². The zero-order chi connectivity index (χ0) is 26.1. The van der Waals surface area contributed by atoms with Crippen molar-refractivity contribution in [1.29, 1.82) is 0 Å². The molecule has 0 bridgehead atoms. The summed E-state index contributed by atoms with van der Waals surface area (Å²) in [5.41, 5.74) is 3.34. The van der Waals surface area contributed by atoms with Crippen LogP contribution in [-0.2, 0) is 17.8 Å². The van der Waals surface area contributed by atoms with Gasteiger partial charge >= 0.3 is 6.55 Å². The van der Waals surface area contributed by atoms with E-state index >= 15 is 0 Å². The molecule has 1 saturated heterocycles. The monoisotopic (exact) mass is 508 g/mol. The van der Waals surface area contributed by atoms with Crippen molar-refractivity contribution in [3.63, 3.8) is 0 Å². The van der Waals surface area contributed by atoms with Crippen molar-refractivity contribution < 1.29 is 18.0 Å². The minimum atomic E-state index is -2.68. The van der Waals surface area contributed by atoms with E-state index in [2.05, 4.69) is 16.1 Å². The Kier molecular flexibility index (Phi) is 7.09. The molecule has 5 nitrogen and oxygen atoms in total. The highest BCUT2D eigenvalue weighted by molar-refractivity contribution is 5.79. The first kappa shape index (κ1) is 25.1. The fourth-order valence-corrected chi connectivity index (χ4v) is 5.64. The normalized spacial score (nSPS) is 18.1. The molecule has 1 fully saturated rings. The van der Waals surface area contributed by atoms with E-state index in [0.717, 1.165) is 27.5 Å². The van der Waals surface area contributed by atoms with Crippen LogP contribution in [-0.4, -0.2) is 40.0 Å². The van der Waals surface area contributed by atoms with Crippen LogP contribution in [0, 0.1) is 24.6 Å². The molecule has 1 amide bonds. The standard InChI is InChI=1S/C29H31F3N4O/c1-19-6-3-4-9-26(19)36(29(31)32)20(2)21-10-13-34(14-11-21)28(37)23-12-15-35-25(17-23)18-33-27(35)22-7-5-8-24(30)16-22/h3-9,16,18,21,23,29H,2,10-15,17H2,1H3. The van der Waals surface area contributed by atoms with Crippen molar-refractivity contribution in [1.82, 2.24) is 14.5 Å². The number of anilines is 1. The third-order valence-electron chi connectivity index (χ3n) is 7.68. The number of para-hydroxylation sites is 1. The predicted octanol–water partition coefficient (Wildman–Crippen LogP) is 6.04. The van der Waals surface area contributed by atoms with E-state index in [1.165, 1.54) is 12.1 Å². The van der Waals surface area contributed by atoms with Gasteiger partial charge in [-0.2, -0.15) is 8.78 Å². The molecule has 3 heterocycles. The van der Waals surface area contributed by atoms with Crippen LogP contribution in [0.4, 0.5) is 18.9 Å². The summed E-state index contributed by atoms with van der Waals surface area (Å²) in [7, 11) is 0. The molecule has 2 aliphatic rings. The van der Waals surface area contributed by atoms with Crippen molar-refractivity contribution in [2.24, 2.45) is 11.8 Å². The van der Waals surface area contributed by atoms with Gasteiger partial charge in [0.05, 0.1) is 0 Å². The average Bonchev–Trinajstić information content (AvgIpc) is 3.33. The van der Waals surface area contributed by atoms with Gasteiger partial charge in [0.2, 0.25) is 5.91 Å². The SMILES string of the molecule is C=C(C1CCN(C(=O)C2CCn3c(cnc3-c3cccc(F)c3)C2)CC1)N(c1ccccc1C)C(F)F. The number of benzene rings is 2. The van der Waals surface area contributed by atoms with Gasteiger partial charge in [-0.05, 0) is 49.9 Å². The summed E-state index contributed by atoms with van der Waals surface area (Å²) >= 11 is 0. The van der Waals surface area contributed by atoms with Gasteiger partial charge in [-0.1, -0.05) is 36.9 Å². The Morgan fingerprint density at radius 3 is 2.49 bits per heavy atom. The molecule has 3 aromatic rings. The second kappa shape index (κ2) is 10.4. The third kappa shape index (κ3) is 5.02. The third-order valence-corrected chi connectivity index (χ3v) is 7.68. The summed E-state index contributed by atoms with van der Waals surface area (Å²) in [5.74, 6) is 0.263. The maximum absolute atomic E-state index is 14.0. The number of halogens is 3. The summed E-state index contributed by atoms with van der Waals surface area (Å²) in [5, 5.41) is 0. The second-order valence-electron chi connectivity index (χ2n) is 9.95. The van der Waals surface area contributed by atoms with E-state index in [4.69, 9.17) is 0 Å². The molecule has 0 N–H and O–H groups in total. The number of carbonyl (C=O) groups is 1. The van der Waals surface area contributed by atoms with Crippen LogP contribution in [0.25, 0.3) is 11.4 Å². The van der Waals surface area contributed by atoms with E-state index in [1.807, 2.05) is 30.0 Å². The van der Waals surface area contributed by atoms with Crippen molar-refractivity contribution in [2.45, 2.75) is 45.7 Å². The average molecular weight is 509 g/mol. The van der Waals surface area contributed by atoms with Gasteiger partial charge in [0, 0.05) is 66.7 Å². The fourth-order valence-electron chi connectivity index (χ4n) is 5.64. The number of likely N-dealkylation sites (tertiary alicyclic amines) is 1. The number of amides is 1. The molecule has 0 saturated carbocycles. The lowest BCUT2D eigenvalue weighted by Gasteiger charge is -2.39. The smallest absolute Gasteiger partial charge is 0.319 e. The molecule has 1 unspecified atom stereocenters. The van der Waals surface area contributed by atoms with Crippen molar-refractivity contribution >= 4 is 11.6 Å². The van der Waals surface area contributed by atoms with Crippen LogP contribution >= 0.6 is 0 Å². The Balaban J connectivity index is 1.21. The molecule has 0 aliphatic carbocycles. The van der Waals surface area contributed by atoms with Crippen molar-refractivity contribution in [3.05, 3.63) is 84.1 Å². The highest BCUT2D eigenvalue weighted by Gasteiger charge is 2.34. The summed E-state index contributed by atoms with van der Waals surface area (Å²) in [6.45, 7) is 4.87. The molecular formula is C29H31F3N4O. The van der Waals surface area contributed by atoms with E-state index in [1.54, 1.807) is 24.4 Å². The number of hydrogen-bond donors (Lipinski definition) is 0. The molecule has 1 atom stereocenters. The zero-order valence-electron chi connectivity index (χ0n) is 20.9. The number of aryl methyl sites for hydroxylation is 1. The molecule has 1 aromatic heterocycles. The van der Waals surface area contributed by atoms with Crippen LogP contribution in [0.15, 0.2) is 67.0 Å². The summed E-state index contributed by atoms with van der Waals surface area (Å²) in [6.07, 6.45) is 4.26. The fraction of sp³-hybridized carbons (Fsp3) is 0.379. The largest absolute Gasteiger partial charge is 0.342 e. The maximum atomic E-state index is 14.0. The van der Waals surface area contributed by atoms with Crippen LogP contribution in [0.3, 0.4) is 0 Å². The minimum Gasteiger partial charge on any atom is -0.342 e. The first-order chi connectivity index (χ1) is 17.8. The van der Waals surface area contributed by atoms with Crippen LogP contribution < -0.4 is 4.90 Å². The number of aromatic nitrogens is 2. The Hall–Kier alpha value is -3.55. The van der Waals surface area contributed by atoms with Crippen LogP contribution in [0.1, 0.15) is 30.5 Å². The lowest BCUT2D eigenvalue weighted by Crippen LogP contribution is -2.45. The van der Waals surface area contributed by atoms with Crippen molar-refractivity contribution in [2.75, 3.05) is 18.0 Å². The van der Waals surface area contributed by atoms with E-state index in [0.29, 0.717) is 56.7 Å². The lowest BCUT2D eigenvalue weighted by molar-refractivity contribution is -0.137. The molecular weight excluding hydrogens is 477 g/mol. The van der Waals surface area contributed by atoms with E-state index < -0.39 is 6.55 Å². The highest BCUT2D eigenvalue weighted by Crippen LogP contribution is 2.35. The zero-order valence-corrected chi connectivity index (χ0v) is 20.9. The predicted molar refractivity (Wildman–Crippen MR) is 138 cm³/mol. The minimum absolute atomic E-state index is 0.105. The van der Waals surface area contributed by atoms with Gasteiger partial charge < -0.3 is 9.47 Å². The molecule has 194 valence electrons. The van der Waals surface area contributed by atoms with Crippen LogP contribution in [0.2, 0.25) is 0 Å². The van der Waals surface area contributed by atoms with Gasteiger partial charge in [-0.3, -0.25) is 9.69 Å². The number of alkyl halides is 2. The van der Waals surface area contributed by atoms with Crippen molar-refractivity contribution in [3.8, 4) is 11.4 Å². The first-order valence-electron chi connectivity index (χ1n) is 12.7. The van der Waals surface area contributed by atoms with Gasteiger partial charge in [0.15, 0.2) is 0 Å². The number of imidazole rings is 1. The van der Waals surface area contributed by atoms with E-state index in [9.17, 15) is 18.0 Å². The highest BCUT2D eigenvalue weighted by atomic mass is 19.3. The second-order valence-corrected chi connectivity index (χ2v) is 9.95. The Bertz CT molecular complexity index is 1300. The number of piperidine rings is 1. The number of fused-ring (bicyclic) bond motifs is 1. The number of hydrogen-bond acceptors (Lipinski definition) is 3. The molecule has 0 spiro atoms. The summed E-state index contributed by atoms with van der Waals surface area (Å²) in [4.78, 5) is 20.8. The van der Waals surface area contributed by atoms with E-state index in [-0.39, 0.29) is 23.6 Å². The number of nitrogens with zero attached hydrogens (tertiary/aromatic N) is 4. The molecule has 8 heteroatoms. The van der Waals surface area contributed by atoms with Crippen LogP contribution in [0.5, 0.6) is 0 Å². The topological polar surface area (TPSA) is 41.4 Å². The Morgan fingerprint density at radius 2 is 1.78 bits per heavy atom. The van der Waals surface area contributed by atoms with Gasteiger partial charge in [-0.25, -0.2) is 9.37 Å².